The summed E-state index contributed by atoms with van der Waals surface area (Å²) >= 11 is 0. The van der Waals surface area contributed by atoms with Crippen LogP contribution in [-0.4, -0.2) is 35.4 Å². The Hall–Kier alpha value is -3.89. The van der Waals surface area contributed by atoms with Crippen molar-refractivity contribution in [3.05, 3.63) is 137 Å². The second-order valence-electron chi connectivity index (χ2n) is 10.6. The Labute approximate surface area is 232 Å². The van der Waals surface area contributed by atoms with Crippen LogP contribution in [0.3, 0.4) is 0 Å². The molecule has 0 fully saturated rings. The lowest BCUT2D eigenvalue weighted by molar-refractivity contribution is -0.138. The number of nitrogens with zero attached hydrogens (tertiary/aromatic N) is 2. The lowest BCUT2D eigenvalue weighted by Gasteiger charge is -2.38. The highest BCUT2D eigenvalue weighted by atomic mass is 16.5. The predicted molar refractivity (Wildman–Crippen MR) is 158 cm³/mol. The van der Waals surface area contributed by atoms with E-state index in [-0.39, 0.29) is 11.9 Å². The predicted octanol–water partition coefficient (Wildman–Crippen LogP) is 6.96. The van der Waals surface area contributed by atoms with E-state index < -0.39 is 6.10 Å². The summed E-state index contributed by atoms with van der Waals surface area (Å²) in [5, 5.41) is 0. The van der Waals surface area contributed by atoms with Crippen molar-refractivity contribution in [2.45, 2.75) is 51.9 Å². The molecule has 0 spiro atoms. The normalized spacial score (nSPS) is 15.8. The van der Waals surface area contributed by atoms with Gasteiger partial charge in [0, 0.05) is 26.7 Å². The third-order valence-corrected chi connectivity index (χ3v) is 7.59. The molecule has 2 unspecified atom stereocenters. The molecule has 4 heteroatoms. The van der Waals surface area contributed by atoms with Crippen LogP contribution in [0.5, 0.6) is 5.75 Å². The molecule has 4 nitrogen and oxygen atoms in total. The molecule has 0 aliphatic carbocycles. The molecule has 0 radical (unpaired) electrons. The van der Waals surface area contributed by atoms with Gasteiger partial charge >= 0.3 is 0 Å². The number of fused-ring (bicyclic) bond motifs is 1. The number of aryl methyl sites for hydroxylation is 1. The molecular weight excluding hydrogens is 480 g/mol. The van der Waals surface area contributed by atoms with E-state index in [1.165, 1.54) is 27.8 Å². The Bertz CT molecular complexity index is 1390. The summed E-state index contributed by atoms with van der Waals surface area (Å²) in [7, 11) is 1.85. The van der Waals surface area contributed by atoms with Crippen LogP contribution in [0, 0.1) is 6.92 Å². The maximum Gasteiger partial charge on any atom is 0.263 e. The molecule has 0 saturated heterocycles. The van der Waals surface area contributed by atoms with Crippen LogP contribution in [0.25, 0.3) is 0 Å². The van der Waals surface area contributed by atoms with Gasteiger partial charge < -0.3 is 9.64 Å². The molecule has 4 aromatic rings. The van der Waals surface area contributed by atoms with Crippen molar-refractivity contribution in [3.8, 4) is 5.75 Å². The first-order valence-corrected chi connectivity index (χ1v) is 13.9. The zero-order valence-corrected chi connectivity index (χ0v) is 23.2. The zero-order valence-electron chi connectivity index (χ0n) is 23.2. The number of ether oxygens (including phenoxy) is 1. The molecule has 1 aliphatic rings. The molecule has 2 atom stereocenters. The van der Waals surface area contributed by atoms with Gasteiger partial charge in [0.1, 0.15) is 5.75 Å². The highest BCUT2D eigenvalue weighted by Crippen LogP contribution is 2.38. The van der Waals surface area contributed by atoms with Gasteiger partial charge in [0.05, 0.1) is 6.04 Å². The van der Waals surface area contributed by atoms with E-state index in [1.807, 2.05) is 50.4 Å². The second kappa shape index (κ2) is 12.3. The number of benzene rings is 4. The fourth-order valence-corrected chi connectivity index (χ4v) is 5.61. The number of rotatable bonds is 9. The highest BCUT2D eigenvalue weighted by Gasteiger charge is 2.30. The van der Waals surface area contributed by atoms with E-state index in [4.69, 9.17) is 4.74 Å². The summed E-state index contributed by atoms with van der Waals surface area (Å²) in [6, 6.07) is 36.1. The van der Waals surface area contributed by atoms with Crippen molar-refractivity contribution in [2.75, 3.05) is 13.6 Å². The highest BCUT2D eigenvalue weighted by molar-refractivity contribution is 5.81. The first-order valence-electron chi connectivity index (χ1n) is 13.9. The molecule has 0 saturated carbocycles. The third-order valence-electron chi connectivity index (χ3n) is 7.59. The van der Waals surface area contributed by atoms with Crippen molar-refractivity contribution in [2.24, 2.45) is 0 Å². The molecule has 39 heavy (non-hydrogen) atoms. The zero-order chi connectivity index (χ0) is 27.2. The van der Waals surface area contributed by atoms with Crippen LogP contribution >= 0.6 is 0 Å². The first-order chi connectivity index (χ1) is 19.0. The average Bonchev–Trinajstić information content (AvgIpc) is 2.96. The Balaban J connectivity index is 1.40. The minimum absolute atomic E-state index is 0.000225. The minimum atomic E-state index is -0.529. The van der Waals surface area contributed by atoms with Crippen LogP contribution in [0.15, 0.2) is 103 Å². The molecule has 1 heterocycles. The maximum atomic E-state index is 13.3. The van der Waals surface area contributed by atoms with Crippen molar-refractivity contribution in [1.29, 1.82) is 0 Å². The van der Waals surface area contributed by atoms with Gasteiger partial charge in [0.25, 0.3) is 5.91 Å². The molecule has 200 valence electrons. The number of hydrogen-bond acceptors (Lipinski definition) is 3. The Morgan fingerprint density at radius 1 is 0.923 bits per heavy atom. The molecule has 4 aromatic carbocycles. The van der Waals surface area contributed by atoms with E-state index in [0.717, 1.165) is 30.8 Å². The molecule has 0 bridgehead atoms. The van der Waals surface area contributed by atoms with Crippen LogP contribution < -0.4 is 4.74 Å². The average molecular weight is 519 g/mol. The fraction of sp³-hybridized carbons (Fsp3) is 0.286. The quantitative estimate of drug-likeness (QED) is 0.240. The number of hydrogen-bond donors (Lipinski definition) is 0. The monoisotopic (exact) mass is 518 g/mol. The number of carbonyl (C=O) groups is 1. The van der Waals surface area contributed by atoms with Gasteiger partial charge in [-0.2, -0.15) is 0 Å². The van der Waals surface area contributed by atoms with Crippen LogP contribution in [0.2, 0.25) is 0 Å². The van der Waals surface area contributed by atoms with Gasteiger partial charge in [-0.25, -0.2) is 0 Å². The minimum Gasteiger partial charge on any atom is -0.481 e. The number of likely N-dealkylation sites (N-methyl/N-ethyl adjacent to an activating group) is 1. The number of carbonyl (C=O) groups excluding carboxylic acids is 1. The SMILES string of the molecule is CCC(Oc1ccc2c(c1)C(c1ccccc1)N(Cc1cccc(C)c1)CC2)C(=O)N(C)Cc1ccccc1. The van der Waals surface area contributed by atoms with Gasteiger partial charge in [-0.15, -0.1) is 0 Å². The van der Waals surface area contributed by atoms with E-state index in [9.17, 15) is 4.79 Å². The molecule has 1 aliphatic heterocycles. The topological polar surface area (TPSA) is 32.8 Å². The van der Waals surface area contributed by atoms with Gasteiger partial charge in [-0.3, -0.25) is 9.69 Å². The van der Waals surface area contributed by atoms with Gasteiger partial charge in [0.2, 0.25) is 0 Å². The summed E-state index contributed by atoms with van der Waals surface area (Å²) in [5.41, 5.74) is 7.59. The summed E-state index contributed by atoms with van der Waals surface area (Å²) in [6.07, 6.45) is 1.07. The Morgan fingerprint density at radius 2 is 1.64 bits per heavy atom. The maximum absolute atomic E-state index is 13.3. The van der Waals surface area contributed by atoms with E-state index in [0.29, 0.717) is 13.0 Å². The largest absolute Gasteiger partial charge is 0.481 e. The lowest BCUT2D eigenvalue weighted by atomic mass is 9.87. The molecule has 0 aromatic heterocycles. The standard InChI is InChI=1S/C35H38N2O2/c1-4-33(35(38)36(3)24-27-13-7-5-8-14-27)39-31-19-18-29-20-21-37(25-28-15-11-12-26(2)22-28)34(32(29)23-31)30-16-9-6-10-17-30/h5-19,22-23,33-34H,4,20-21,24-25H2,1-3H3. The summed E-state index contributed by atoms with van der Waals surface area (Å²) in [5.74, 6) is 0.750. The van der Waals surface area contributed by atoms with E-state index >= 15 is 0 Å². The van der Waals surface area contributed by atoms with Crippen molar-refractivity contribution >= 4 is 5.91 Å². The Kier molecular flexibility index (Phi) is 8.43. The molecule has 5 rings (SSSR count). The van der Waals surface area contributed by atoms with Gasteiger partial charge in [-0.05, 0) is 59.7 Å². The first kappa shape index (κ1) is 26.7. The van der Waals surface area contributed by atoms with E-state index in [2.05, 4.69) is 78.6 Å². The van der Waals surface area contributed by atoms with Crippen LogP contribution in [0.1, 0.15) is 52.8 Å². The third kappa shape index (κ3) is 6.40. The number of amides is 1. The Morgan fingerprint density at radius 3 is 2.36 bits per heavy atom. The smallest absolute Gasteiger partial charge is 0.263 e. The van der Waals surface area contributed by atoms with Crippen molar-refractivity contribution in [3.63, 3.8) is 0 Å². The van der Waals surface area contributed by atoms with Crippen molar-refractivity contribution in [1.82, 2.24) is 9.80 Å². The second-order valence-corrected chi connectivity index (χ2v) is 10.6. The fourth-order valence-electron chi connectivity index (χ4n) is 5.61. The van der Waals surface area contributed by atoms with Crippen LogP contribution in [0.4, 0.5) is 0 Å². The molecular formula is C35H38N2O2. The van der Waals surface area contributed by atoms with E-state index in [1.54, 1.807) is 4.90 Å². The lowest BCUT2D eigenvalue weighted by Crippen LogP contribution is -2.39. The van der Waals surface area contributed by atoms with Crippen molar-refractivity contribution < 1.29 is 9.53 Å². The summed E-state index contributed by atoms with van der Waals surface area (Å²) in [4.78, 5) is 17.7. The summed E-state index contributed by atoms with van der Waals surface area (Å²) in [6.45, 7) is 6.59. The van der Waals surface area contributed by atoms with Gasteiger partial charge in [0.15, 0.2) is 6.10 Å². The summed E-state index contributed by atoms with van der Waals surface area (Å²) < 4.78 is 6.39. The van der Waals surface area contributed by atoms with Gasteiger partial charge in [-0.1, -0.05) is 103 Å². The van der Waals surface area contributed by atoms with Crippen LogP contribution in [-0.2, 0) is 24.3 Å². The molecule has 0 N–H and O–H groups in total. The molecule has 1 amide bonds.